The molecular formula is C33H33N7O4S. The highest BCUT2D eigenvalue weighted by molar-refractivity contribution is 7.86. The minimum Gasteiger partial charge on any atom is -0.339 e. The van der Waals surface area contributed by atoms with Crippen LogP contribution in [-0.4, -0.2) is 87.8 Å². The Balaban J connectivity index is 1.28. The third-order valence-electron chi connectivity index (χ3n) is 9.76. The first kappa shape index (κ1) is 29.3. The highest BCUT2D eigenvalue weighted by Crippen LogP contribution is 2.56. The van der Waals surface area contributed by atoms with Gasteiger partial charge in [0, 0.05) is 87.5 Å². The number of nitriles is 1. The lowest BCUT2D eigenvalue weighted by Gasteiger charge is -2.35. The molecule has 12 heteroatoms. The van der Waals surface area contributed by atoms with Crippen molar-refractivity contribution in [1.82, 2.24) is 28.4 Å². The summed E-state index contributed by atoms with van der Waals surface area (Å²) in [5.41, 5.74) is 0.908. The Bertz CT molecular complexity index is 1750. The third kappa shape index (κ3) is 4.65. The molecule has 4 aliphatic rings. The summed E-state index contributed by atoms with van der Waals surface area (Å²) in [6.45, 7) is 1.74. The Morgan fingerprint density at radius 3 is 1.98 bits per heavy atom. The van der Waals surface area contributed by atoms with Gasteiger partial charge in [0.1, 0.15) is 5.82 Å². The molecule has 1 saturated carbocycles. The first-order valence-electron chi connectivity index (χ1n) is 15.2. The molecule has 7 rings (SSSR count). The lowest BCUT2D eigenvalue weighted by molar-refractivity contribution is -0.132. The third-order valence-corrected chi connectivity index (χ3v) is 11.7. The van der Waals surface area contributed by atoms with E-state index in [9.17, 15) is 18.5 Å². The molecule has 230 valence electrons. The molecule has 0 unspecified atom stereocenters. The van der Waals surface area contributed by atoms with Gasteiger partial charge < -0.3 is 4.90 Å². The lowest BCUT2D eigenvalue weighted by atomic mass is 9.82. The fraction of sp³-hybridized carbons (Fsp3) is 0.364. The van der Waals surface area contributed by atoms with Crippen molar-refractivity contribution < 1.29 is 18.0 Å². The van der Waals surface area contributed by atoms with Crippen LogP contribution in [0.15, 0.2) is 85.2 Å². The molecular weight excluding hydrogens is 590 g/mol. The number of piperidine rings is 2. The van der Waals surface area contributed by atoms with E-state index in [-0.39, 0.29) is 29.6 Å². The lowest BCUT2D eigenvalue weighted by Crippen LogP contribution is -2.48. The van der Waals surface area contributed by atoms with Crippen LogP contribution in [0.25, 0.3) is 0 Å². The van der Waals surface area contributed by atoms with E-state index in [0.29, 0.717) is 54.3 Å². The van der Waals surface area contributed by atoms with E-state index in [0.717, 1.165) is 19.3 Å². The number of likely N-dealkylation sites (N-methyl/N-ethyl adjacent to an activating group) is 1. The van der Waals surface area contributed by atoms with Gasteiger partial charge >= 0.3 is 0 Å². The molecule has 3 aromatic rings. The van der Waals surface area contributed by atoms with Gasteiger partial charge in [0.25, 0.3) is 16.1 Å². The van der Waals surface area contributed by atoms with Crippen molar-refractivity contribution in [3.63, 3.8) is 0 Å². The molecule has 4 fully saturated rings. The van der Waals surface area contributed by atoms with Crippen molar-refractivity contribution in [3.05, 3.63) is 107 Å². The average molecular weight is 624 g/mol. The molecule has 1 aliphatic carbocycles. The Hall–Kier alpha value is -4.44. The molecule has 5 heterocycles. The zero-order valence-corrected chi connectivity index (χ0v) is 25.7. The van der Waals surface area contributed by atoms with Crippen molar-refractivity contribution in [1.29, 1.82) is 5.26 Å². The van der Waals surface area contributed by atoms with Gasteiger partial charge in [0.05, 0.1) is 11.6 Å². The van der Waals surface area contributed by atoms with Gasteiger partial charge in [-0.05, 0) is 72.5 Å². The van der Waals surface area contributed by atoms with Crippen molar-refractivity contribution in [2.24, 2.45) is 11.8 Å². The van der Waals surface area contributed by atoms with E-state index >= 15 is 4.79 Å². The number of rotatable bonds is 7. The quantitative estimate of drug-likeness (QED) is 0.290. The maximum Gasteiger partial charge on any atom is 0.281 e. The van der Waals surface area contributed by atoms with E-state index < -0.39 is 15.7 Å². The summed E-state index contributed by atoms with van der Waals surface area (Å²) in [4.78, 5) is 40.6. The number of pyridine rings is 2. The van der Waals surface area contributed by atoms with Crippen molar-refractivity contribution in [2.75, 3.05) is 33.2 Å². The van der Waals surface area contributed by atoms with Gasteiger partial charge in [-0.15, -0.1) is 0 Å². The minimum atomic E-state index is -3.57. The van der Waals surface area contributed by atoms with Gasteiger partial charge in [-0.1, -0.05) is 6.42 Å². The van der Waals surface area contributed by atoms with Crippen LogP contribution in [0.1, 0.15) is 46.3 Å². The van der Waals surface area contributed by atoms with Gasteiger partial charge in [-0.25, -0.2) is 0 Å². The minimum absolute atomic E-state index is 0.0546. The van der Waals surface area contributed by atoms with Crippen molar-refractivity contribution in [3.8, 4) is 6.07 Å². The molecule has 3 aliphatic heterocycles. The first-order chi connectivity index (χ1) is 21.8. The van der Waals surface area contributed by atoms with Crippen molar-refractivity contribution in [2.45, 2.75) is 30.8 Å². The summed E-state index contributed by atoms with van der Waals surface area (Å²) in [7, 11) is -1.76. The number of hydrogen-bond acceptors (Lipinski definition) is 8. The molecule has 2 aromatic heterocycles. The van der Waals surface area contributed by atoms with Crippen LogP contribution >= 0.6 is 0 Å². The molecule has 45 heavy (non-hydrogen) atoms. The summed E-state index contributed by atoms with van der Waals surface area (Å²) >= 11 is 0. The summed E-state index contributed by atoms with van der Waals surface area (Å²) in [6, 6.07) is 15.4. The van der Waals surface area contributed by atoms with E-state index in [1.54, 1.807) is 86.8 Å². The predicted octanol–water partition coefficient (Wildman–Crippen LogP) is 2.75. The predicted molar refractivity (Wildman–Crippen MR) is 164 cm³/mol. The Kier molecular flexibility index (Phi) is 7.27. The fourth-order valence-electron chi connectivity index (χ4n) is 7.39. The molecule has 1 amide bonds. The summed E-state index contributed by atoms with van der Waals surface area (Å²) in [5.74, 6) is -0.194. The number of amides is 1. The number of nitrogens with zero attached hydrogens (tertiary/aromatic N) is 7. The van der Waals surface area contributed by atoms with E-state index in [1.165, 1.54) is 6.08 Å². The monoisotopic (exact) mass is 623 g/mol. The number of allylic oxidation sites excluding steroid dienone is 1. The van der Waals surface area contributed by atoms with Crippen LogP contribution < -0.4 is 0 Å². The van der Waals surface area contributed by atoms with Gasteiger partial charge in [-0.3, -0.25) is 24.5 Å². The van der Waals surface area contributed by atoms with Gasteiger partial charge in [0.15, 0.2) is 11.3 Å². The molecule has 0 bridgehead atoms. The van der Waals surface area contributed by atoms with E-state index in [4.69, 9.17) is 0 Å². The maximum atomic E-state index is 15.0. The van der Waals surface area contributed by atoms with Crippen LogP contribution in [0.4, 0.5) is 0 Å². The topological polar surface area (TPSA) is 131 Å². The van der Waals surface area contributed by atoms with Gasteiger partial charge in [-0.2, -0.15) is 22.3 Å². The number of benzene rings is 1. The standard InChI is InChI=1S/C33H33N7O4S/c1-37-30(19-29(41)24-7-5-23(20-34)6-8-24)40(31-27-21-39(22-28(27)31)45(43,44)38-17-3-2-4-18-38)32(42)33(37,25-9-13-35-14-10-25)26-11-15-36-16-12-26/h5-16,19,27-28,31H,2-4,17-18,21-22H2,1H3/t27-,28+,31+. The zero-order valence-electron chi connectivity index (χ0n) is 24.9. The summed E-state index contributed by atoms with van der Waals surface area (Å²) in [5, 5.41) is 9.21. The number of carbonyl (C=O) groups is 2. The fourth-order valence-corrected chi connectivity index (χ4v) is 9.16. The number of aromatic nitrogens is 2. The Labute approximate surface area is 262 Å². The van der Waals surface area contributed by atoms with Crippen LogP contribution in [0.5, 0.6) is 0 Å². The normalized spacial score (nSPS) is 25.7. The Morgan fingerprint density at radius 1 is 0.889 bits per heavy atom. The smallest absolute Gasteiger partial charge is 0.281 e. The average Bonchev–Trinajstić information content (AvgIpc) is 3.44. The second-order valence-electron chi connectivity index (χ2n) is 12.1. The van der Waals surface area contributed by atoms with Crippen LogP contribution in [-0.2, 0) is 20.5 Å². The van der Waals surface area contributed by atoms with Crippen molar-refractivity contribution >= 4 is 21.9 Å². The molecule has 1 aromatic carbocycles. The number of ketones is 1. The SMILES string of the molecule is CN1C(=CC(=O)c2ccc(C#N)cc2)N([C@H]2[C@@H]3CN(S(=O)(=O)N4CCCCC4)C[C@@H]32)C(=O)C1(c1ccncc1)c1ccncc1. The van der Waals surface area contributed by atoms with Crippen LogP contribution in [0.3, 0.4) is 0 Å². The number of hydrogen-bond donors (Lipinski definition) is 0. The summed E-state index contributed by atoms with van der Waals surface area (Å²) in [6.07, 6.45) is 10.8. The molecule has 0 N–H and O–H groups in total. The molecule has 3 saturated heterocycles. The highest BCUT2D eigenvalue weighted by atomic mass is 32.2. The largest absolute Gasteiger partial charge is 0.339 e. The summed E-state index contributed by atoms with van der Waals surface area (Å²) < 4.78 is 30.1. The molecule has 11 nitrogen and oxygen atoms in total. The van der Waals surface area contributed by atoms with Gasteiger partial charge in [0.2, 0.25) is 0 Å². The highest BCUT2D eigenvalue weighted by Gasteiger charge is 2.68. The van der Waals surface area contributed by atoms with Crippen LogP contribution in [0.2, 0.25) is 0 Å². The number of carbonyl (C=O) groups excluding carboxylic acids is 2. The zero-order chi connectivity index (χ0) is 31.3. The molecule has 3 atom stereocenters. The van der Waals surface area contributed by atoms with Crippen LogP contribution in [0, 0.1) is 23.2 Å². The maximum absolute atomic E-state index is 15.0. The number of fused-ring (bicyclic) bond motifs is 1. The first-order valence-corrected chi connectivity index (χ1v) is 16.6. The Morgan fingerprint density at radius 2 is 1.44 bits per heavy atom. The molecule has 0 radical (unpaired) electrons. The molecule has 0 spiro atoms. The van der Waals surface area contributed by atoms with E-state index in [1.807, 2.05) is 11.9 Å². The van der Waals surface area contributed by atoms with E-state index in [2.05, 4.69) is 16.0 Å². The second-order valence-corrected chi connectivity index (χ2v) is 14.0. The second kappa shape index (κ2) is 11.2.